The van der Waals surface area contributed by atoms with Gasteiger partial charge in [0, 0.05) is 16.8 Å². The second-order valence-corrected chi connectivity index (χ2v) is 5.32. The number of nitrogens with two attached hydrogens (primary N) is 1. The third kappa shape index (κ3) is 3.40. The van der Waals surface area contributed by atoms with Gasteiger partial charge in [-0.25, -0.2) is 4.39 Å². The first-order valence-corrected chi connectivity index (χ1v) is 6.84. The van der Waals surface area contributed by atoms with E-state index in [0.717, 1.165) is 6.07 Å². The summed E-state index contributed by atoms with van der Waals surface area (Å²) in [7, 11) is 0. The van der Waals surface area contributed by atoms with Gasteiger partial charge in [0.1, 0.15) is 10.8 Å². The molecule has 3 nitrogen and oxygen atoms in total. The molecular weight excluding hydrogens is 343 g/mol. The maximum atomic E-state index is 13.4. The lowest BCUT2D eigenvalue weighted by atomic mass is 10.1. The molecule has 0 aliphatic heterocycles. The Hall–Kier alpha value is -1.79. The van der Waals surface area contributed by atoms with E-state index in [2.05, 4.69) is 21.2 Å². The minimum atomic E-state index is -0.491. The van der Waals surface area contributed by atoms with Gasteiger partial charge < -0.3 is 11.1 Å². The minimum Gasteiger partial charge on any atom is -0.389 e. The Morgan fingerprint density at radius 2 is 1.95 bits per heavy atom. The molecular formula is C14H10BrFN2OS. The van der Waals surface area contributed by atoms with E-state index in [-0.39, 0.29) is 10.6 Å². The lowest BCUT2D eigenvalue weighted by Gasteiger charge is -2.07. The number of rotatable bonds is 3. The molecule has 3 N–H and O–H groups in total. The Bertz CT molecular complexity index is 691. The maximum Gasteiger partial charge on any atom is 0.255 e. The van der Waals surface area contributed by atoms with Crippen LogP contribution in [-0.4, -0.2) is 10.9 Å². The van der Waals surface area contributed by atoms with E-state index in [1.54, 1.807) is 24.3 Å². The Morgan fingerprint density at radius 1 is 1.20 bits per heavy atom. The van der Waals surface area contributed by atoms with Crippen molar-refractivity contribution >= 4 is 44.7 Å². The summed E-state index contributed by atoms with van der Waals surface area (Å²) in [4.78, 5) is 12.2. The van der Waals surface area contributed by atoms with Gasteiger partial charge in [0.25, 0.3) is 5.91 Å². The zero-order valence-corrected chi connectivity index (χ0v) is 12.6. The molecule has 2 aromatic carbocycles. The second kappa shape index (κ2) is 6.11. The van der Waals surface area contributed by atoms with E-state index in [4.69, 9.17) is 18.0 Å². The highest BCUT2D eigenvalue weighted by Crippen LogP contribution is 2.18. The van der Waals surface area contributed by atoms with Crippen LogP contribution in [0.4, 0.5) is 10.1 Å². The largest absolute Gasteiger partial charge is 0.389 e. The van der Waals surface area contributed by atoms with E-state index in [0.29, 0.717) is 15.7 Å². The standard InChI is InChI=1S/C14H10BrFN2OS/c15-11-5-4-9(7-12(11)16)14(19)18-10-3-1-2-8(6-10)13(17)20/h1-7H,(H2,17,20)(H,18,19). The van der Waals surface area contributed by atoms with E-state index in [1.165, 1.54) is 12.1 Å². The normalized spacial score (nSPS) is 10.1. The van der Waals surface area contributed by atoms with Crippen LogP contribution in [0.25, 0.3) is 0 Å². The average Bonchev–Trinajstić information content (AvgIpc) is 2.42. The summed E-state index contributed by atoms with van der Waals surface area (Å²) in [5.41, 5.74) is 6.95. The highest BCUT2D eigenvalue weighted by Gasteiger charge is 2.09. The molecule has 6 heteroatoms. The van der Waals surface area contributed by atoms with Crippen molar-refractivity contribution in [2.45, 2.75) is 0 Å². The topological polar surface area (TPSA) is 55.1 Å². The Labute approximate surface area is 129 Å². The number of amides is 1. The van der Waals surface area contributed by atoms with Gasteiger partial charge in [-0.2, -0.15) is 0 Å². The van der Waals surface area contributed by atoms with Crippen molar-refractivity contribution in [1.82, 2.24) is 0 Å². The third-order valence-electron chi connectivity index (χ3n) is 2.59. The van der Waals surface area contributed by atoms with Gasteiger partial charge in [-0.1, -0.05) is 24.4 Å². The summed E-state index contributed by atoms with van der Waals surface area (Å²) in [6.45, 7) is 0. The Morgan fingerprint density at radius 3 is 2.60 bits per heavy atom. The van der Waals surface area contributed by atoms with Gasteiger partial charge in [-0.05, 0) is 46.3 Å². The van der Waals surface area contributed by atoms with E-state index < -0.39 is 11.7 Å². The van der Waals surface area contributed by atoms with Crippen LogP contribution >= 0.6 is 28.1 Å². The molecule has 0 saturated carbocycles. The Balaban J connectivity index is 2.21. The van der Waals surface area contributed by atoms with E-state index >= 15 is 0 Å². The molecule has 0 bridgehead atoms. The van der Waals surface area contributed by atoms with Crippen LogP contribution in [0.15, 0.2) is 46.9 Å². The van der Waals surface area contributed by atoms with Crippen molar-refractivity contribution in [2.24, 2.45) is 5.73 Å². The number of carbonyl (C=O) groups excluding carboxylic acids is 1. The highest BCUT2D eigenvalue weighted by atomic mass is 79.9. The number of hydrogen-bond acceptors (Lipinski definition) is 2. The summed E-state index contributed by atoms with van der Waals surface area (Å²) < 4.78 is 13.7. The third-order valence-corrected chi connectivity index (χ3v) is 3.47. The first-order valence-electron chi connectivity index (χ1n) is 5.63. The van der Waals surface area contributed by atoms with Crippen molar-refractivity contribution in [3.8, 4) is 0 Å². The molecule has 2 aromatic rings. The van der Waals surface area contributed by atoms with E-state index in [1.807, 2.05) is 0 Å². The summed E-state index contributed by atoms with van der Waals surface area (Å²) in [6.07, 6.45) is 0. The number of anilines is 1. The summed E-state index contributed by atoms with van der Waals surface area (Å²) >= 11 is 7.91. The van der Waals surface area contributed by atoms with Crippen molar-refractivity contribution in [2.75, 3.05) is 5.32 Å². The molecule has 0 fully saturated rings. The fourth-order valence-electron chi connectivity index (χ4n) is 1.59. The van der Waals surface area contributed by atoms with Crippen LogP contribution in [0, 0.1) is 5.82 Å². The molecule has 0 atom stereocenters. The monoisotopic (exact) mass is 352 g/mol. The maximum absolute atomic E-state index is 13.4. The lowest BCUT2D eigenvalue weighted by Crippen LogP contribution is -2.14. The van der Waals surface area contributed by atoms with Crippen LogP contribution in [0.5, 0.6) is 0 Å². The van der Waals surface area contributed by atoms with Gasteiger partial charge in [-0.15, -0.1) is 0 Å². The van der Waals surface area contributed by atoms with Crippen LogP contribution in [0.3, 0.4) is 0 Å². The molecule has 0 aromatic heterocycles. The SMILES string of the molecule is NC(=S)c1cccc(NC(=O)c2ccc(Br)c(F)c2)c1. The minimum absolute atomic E-state index is 0.228. The van der Waals surface area contributed by atoms with Crippen molar-refractivity contribution in [3.63, 3.8) is 0 Å². The fourth-order valence-corrected chi connectivity index (χ4v) is 1.96. The molecule has 0 unspecified atom stereocenters. The zero-order chi connectivity index (χ0) is 14.7. The van der Waals surface area contributed by atoms with Gasteiger partial charge in [0.15, 0.2) is 0 Å². The van der Waals surface area contributed by atoms with Crippen LogP contribution in [0.1, 0.15) is 15.9 Å². The van der Waals surface area contributed by atoms with Gasteiger partial charge in [0.05, 0.1) is 4.47 Å². The number of hydrogen-bond donors (Lipinski definition) is 2. The predicted octanol–water partition coefficient (Wildman–Crippen LogP) is 3.47. The Kier molecular flexibility index (Phi) is 4.46. The molecule has 1 amide bonds. The molecule has 0 radical (unpaired) electrons. The number of carbonyl (C=O) groups is 1. The van der Waals surface area contributed by atoms with Crippen LogP contribution in [-0.2, 0) is 0 Å². The smallest absolute Gasteiger partial charge is 0.255 e. The van der Waals surface area contributed by atoms with Crippen molar-refractivity contribution < 1.29 is 9.18 Å². The molecule has 0 aliphatic rings. The zero-order valence-electron chi connectivity index (χ0n) is 10.2. The van der Waals surface area contributed by atoms with Gasteiger partial charge in [0.2, 0.25) is 0 Å². The molecule has 102 valence electrons. The molecule has 0 saturated heterocycles. The summed E-state index contributed by atoms with van der Waals surface area (Å²) in [5.74, 6) is -0.897. The van der Waals surface area contributed by atoms with Crippen molar-refractivity contribution in [1.29, 1.82) is 0 Å². The summed E-state index contributed by atoms with van der Waals surface area (Å²) in [6, 6.07) is 11.0. The number of benzene rings is 2. The molecule has 20 heavy (non-hydrogen) atoms. The van der Waals surface area contributed by atoms with E-state index in [9.17, 15) is 9.18 Å². The number of halogens is 2. The first-order chi connectivity index (χ1) is 9.47. The average molecular weight is 353 g/mol. The lowest BCUT2D eigenvalue weighted by molar-refractivity contribution is 0.102. The van der Waals surface area contributed by atoms with Crippen LogP contribution in [0.2, 0.25) is 0 Å². The second-order valence-electron chi connectivity index (χ2n) is 4.03. The van der Waals surface area contributed by atoms with Gasteiger partial charge >= 0.3 is 0 Å². The fraction of sp³-hybridized carbons (Fsp3) is 0. The molecule has 2 rings (SSSR count). The van der Waals surface area contributed by atoms with Crippen molar-refractivity contribution in [3.05, 3.63) is 63.9 Å². The quantitative estimate of drug-likeness (QED) is 0.831. The summed E-state index contributed by atoms with van der Waals surface area (Å²) in [5, 5.41) is 2.66. The number of thiocarbonyl (C=S) groups is 1. The molecule has 0 heterocycles. The molecule has 0 spiro atoms. The van der Waals surface area contributed by atoms with Crippen LogP contribution < -0.4 is 11.1 Å². The first kappa shape index (κ1) is 14.6. The molecule has 0 aliphatic carbocycles. The number of nitrogens with one attached hydrogen (secondary N) is 1. The highest BCUT2D eigenvalue weighted by molar-refractivity contribution is 9.10. The predicted molar refractivity (Wildman–Crippen MR) is 84.4 cm³/mol. The van der Waals surface area contributed by atoms with Gasteiger partial charge in [-0.3, -0.25) is 4.79 Å².